The lowest BCUT2D eigenvalue weighted by Gasteiger charge is -2.35. The van der Waals surface area contributed by atoms with Gasteiger partial charge in [-0.2, -0.15) is 0 Å². The van der Waals surface area contributed by atoms with Gasteiger partial charge in [-0.05, 0) is 38.3 Å². The second-order valence-electron chi connectivity index (χ2n) is 5.03. The van der Waals surface area contributed by atoms with Crippen molar-refractivity contribution in [1.29, 1.82) is 0 Å². The third kappa shape index (κ3) is 2.18. The van der Waals surface area contributed by atoms with Crippen molar-refractivity contribution in [2.75, 3.05) is 11.4 Å². The average molecular weight is 255 g/mol. The highest BCUT2D eigenvalue weighted by molar-refractivity contribution is 5.92. The van der Waals surface area contributed by atoms with Crippen molar-refractivity contribution in [3.63, 3.8) is 0 Å². The summed E-state index contributed by atoms with van der Waals surface area (Å²) >= 11 is 0. The Bertz CT molecular complexity index is 606. The molecule has 0 bridgehead atoms. The number of para-hydroxylation sites is 1. The fraction of sp³-hybridized carbons (Fsp3) is 0.400. The first kappa shape index (κ1) is 12.1. The predicted molar refractivity (Wildman–Crippen MR) is 75.2 cm³/mol. The molecule has 1 unspecified atom stereocenters. The Kier molecular flexibility index (Phi) is 3.15. The summed E-state index contributed by atoms with van der Waals surface area (Å²) in [6.45, 7) is 2.57. The fourth-order valence-corrected chi connectivity index (χ4v) is 2.83. The Morgan fingerprint density at radius 3 is 2.95 bits per heavy atom. The second-order valence-corrected chi connectivity index (χ2v) is 5.03. The molecule has 4 heteroatoms. The molecule has 1 fully saturated rings. The van der Waals surface area contributed by atoms with Crippen molar-refractivity contribution in [3.8, 4) is 0 Å². The number of carbonyl (C=O) groups excluding carboxylic acids is 1. The number of anilines is 1. The van der Waals surface area contributed by atoms with E-state index < -0.39 is 0 Å². The molecular formula is C15H17N3O. The number of benzene rings is 1. The van der Waals surface area contributed by atoms with Gasteiger partial charge < -0.3 is 4.90 Å². The molecule has 1 aliphatic rings. The van der Waals surface area contributed by atoms with Gasteiger partial charge in [-0.15, -0.1) is 0 Å². The summed E-state index contributed by atoms with van der Waals surface area (Å²) in [5, 5.41) is 1.03. The summed E-state index contributed by atoms with van der Waals surface area (Å²) in [4.78, 5) is 22.7. The van der Waals surface area contributed by atoms with Gasteiger partial charge in [0.05, 0.1) is 11.6 Å². The topological polar surface area (TPSA) is 46.1 Å². The lowest BCUT2D eigenvalue weighted by molar-refractivity contribution is -0.118. The summed E-state index contributed by atoms with van der Waals surface area (Å²) in [6.07, 6.45) is 4.74. The molecule has 0 saturated carbocycles. The summed E-state index contributed by atoms with van der Waals surface area (Å²) in [5.41, 5.74) is 0.931. The highest BCUT2D eigenvalue weighted by Crippen LogP contribution is 2.28. The van der Waals surface area contributed by atoms with Gasteiger partial charge in [-0.25, -0.2) is 9.97 Å². The van der Waals surface area contributed by atoms with Crippen molar-refractivity contribution in [1.82, 2.24) is 9.97 Å². The number of rotatable bonds is 2. The minimum absolute atomic E-state index is 0.0351. The minimum Gasteiger partial charge on any atom is -0.346 e. The van der Waals surface area contributed by atoms with Crippen LogP contribution in [-0.4, -0.2) is 28.3 Å². The normalized spacial score (nSPS) is 19.6. The second kappa shape index (κ2) is 4.96. The van der Waals surface area contributed by atoms with Gasteiger partial charge in [0.2, 0.25) is 0 Å². The molecule has 1 saturated heterocycles. The third-order valence-corrected chi connectivity index (χ3v) is 3.77. The number of carbonyl (C=O) groups is 1. The molecule has 1 aromatic carbocycles. The summed E-state index contributed by atoms with van der Waals surface area (Å²) in [6, 6.07) is 7.93. The Labute approximate surface area is 112 Å². The lowest BCUT2D eigenvalue weighted by Crippen LogP contribution is -2.44. The molecule has 1 aromatic heterocycles. The van der Waals surface area contributed by atoms with Gasteiger partial charge in [0, 0.05) is 11.9 Å². The zero-order chi connectivity index (χ0) is 13.2. The lowest BCUT2D eigenvalue weighted by atomic mass is 9.98. The Balaban J connectivity index is 2.09. The van der Waals surface area contributed by atoms with Crippen molar-refractivity contribution in [2.24, 2.45) is 0 Å². The van der Waals surface area contributed by atoms with E-state index in [0.717, 1.165) is 42.5 Å². The van der Waals surface area contributed by atoms with Crippen molar-refractivity contribution in [3.05, 3.63) is 30.6 Å². The van der Waals surface area contributed by atoms with E-state index in [0.29, 0.717) is 0 Å². The molecule has 0 radical (unpaired) electrons. The third-order valence-electron chi connectivity index (χ3n) is 3.77. The SMILES string of the molecule is CC(=O)C1CCCCN1c1ncnc2ccccc12. The van der Waals surface area contributed by atoms with Crippen LogP contribution >= 0.6 is 0 Å². The number of aromatic nitrogens is 2. The first-order chi connectivity index (χ1) is 9.27. The van der Waals surface area contributed by atoms with Gasteiger partial charge in [0.25, 0.3) is 0 Å². The standard InChI is InChI=1S/C15H17N3O/c1-11(19)14-8-4-5-9-18(14)15-12-6-2-3-7-13(12)16-10-17-15/h2-3,6-7,10,14H,4-5,8-9H2,1H3. The maximum absolute atomic E-state index is 11.8. The first-order valence-corrected chi connectivity index (χ1v) is 6.74. The molecular weight excluding hydrogens is 238 g/mol. The van der Waals surface area contributed by atoms with Gasteiger partial charge >= 0.3 is 0 Å². The number of hydrogen-bond donors (Lipinski definition) is 0. The predicted octanol–water partition coefficient (Wildman–Crippen LogP) is 2.58. The molecule has 98 valence electrons. The number of piperidine rings is 1. The zero-order valence-electron chi connectivity index (χ0n) is 11.0. The van der Waals surface area contributed by atoms with Crippen LogP contribution in [0.15, 0.2) is 30.6 Å². The highest BCUT2D eigenvalue weighted by Gasteiger charge is 2.28. The van der Waals surface area contributed by atoms with Gasteiger partial charge in [0.15, 0.2) is 5.78 Å². The molecule has 0 amide bonds. The van der Waals surface area contributed by atoms with Crippen LogP contribution in [0.4, 0.5) is 5.82 Å². The Morgan fingerprint density at radius 2 is 2.11 bits per heavy atom. The largest absolute Gasteiger partial charge is 0.346 e. The Morgan fingerprint density at radius 1 is 1.26 bits per heavy atom. The molecule has 2 heterocycles. The molecule has 0 aliphatic carbocycles. The Hall–Kier alpha value is -1.97. The molecule has 4 nitrogen and oxygen atoms in total. The monoisotopic (exact) mass is 255 g/mol. The first-order valence-electron chi connectivity index (χ1n) is 6.74. The van der Waals surface area contributed by atoms with E-state index in [4.69, 9.17) is 0 Å². The average Bonchev–Trinajstić information content (AvgIpc) is 2.46. The number of nitrogens with zero attached hydrogens (tertiary/aromatic N) is 3. The highest BCUT2D eigenvalue weighted by atomic mass is 16.1. The molecule has 0 spiro atoms. The number of fused-ring (bicyclic) bond motifs is 1. The van der Waals surface area contributed by atoms with Gasteiger partial charge in [-0.1, -0.05) is 12.1 Å². The number of hydrogen-bond acceptors (Lipinski definition) is 4. The van der Waals surface area contributed by atoms with Gasteiger partial charge in [0.1, 0.15) is 12.1 Å². The summed E-state index contributed by atoms with van der Waals surface area (Å²) < 4.78 is 0. The van der Waals surface area contributed by atoms with Crippen molar-refractivity contribution >= 4 is 22.5 Å². The quantitative estimate of drug-likeness (QED) is 0.827. The van der Waals surface area contributed by atoms with Crippen LogP contribution in [0.1, 0.15) is 26.2 Å². The van der Waals surface area contributed by atoms with E-state index in [1.807, 2.05) is 24.3 Å². The summed E-state index contributed by atoms with van der Waals surface area (Å²) in [7, 11) is 0. The molecule has 1 atom stereocenters. The van der Waals surface area contributed by atoms with E-state index in [-0.39, 0.29) is 11.8 Å². The van der Waals surface area contributed by atoms with Crippen molar-refractivity contribution in [2.45, 2.75) is 32.2 Å². The molecule has 19 heavy (non-hydrogen) atoms. The van der Waals surface area contributed by atoms with Crippen LogP contribution in [0.25, 0.3) is 10.9 Å². The van der Waals surface area contributed by atoms with Gasteiger partial charge in [-0.3, -0.25) is 4.79 Å². The van der Waals surface area contributed by atoms with E-state index in [9.17, 15) is 4.79 Å². The zero-order valence-corrected chi connectivity index (χ0v) is 11.0. The molecule has 2 aromatic rings. The maximum Gasteiger partial charge on any atom is 0.152 e. The van der Waals surface area contributed by atoms with E-state index >= 15 is 0 Å². The molecule has 3 rings (SSSR count). The van der Waals surface area contributed by atoms with E-state index in [1.165, 1.54) is 0 Å². The van der Waals surface area contributed by atoms with Crippen LogP contribution in [0.3, 0.4) is 0 Å². The van der Waals surface area contributed by atoms with E-state index in [1.54, 1.807) is 13.3 Å². The molecule has 0 N–H and O–H groups in total. The van der Waals surface area contributed by atoms with Crippen LogP contribution in [-0.2, 0) is 4.79 Å². The van der Waals surface area contributed by atoms with Crippen LogP contribution < -0.4 is 4.90 Å². The number of Topliss-reactive ketones (excluding diaryl/α,β-unsaturated/α-hetero) is 1. The van der Waals surface area contributed by atoms with Crippen LogP contribution in [0.5, 0.6) is 0 Å². The van der Waals surface area contributed by atoms with E-state index in [2.05, 4.69) is 14.9 Å². The fourth-order valence-electron chi connectivity index (χ4n) is 2.83. The van der Waals surface area contributed by atoms with Crippen LogP contribution in [0.2, 0.25) is 0 Å². The van der Waals surface area contributed by atoms with Crippen molar-refractivity contribution < 1.29 is 4.79 Å². The smallest absolute Gasteiger partial charge is 0.152 e. The minimum atomic E-state index is -0.0351. The maximum atomic E-state index is 11.8. The molecule has 1 aliphatic heterocycles. The number of ketones is 1. The van der Waals surface area contributed by atoms with Crippen LogP contribution in [0, 0.1) is 0 Å². The summed E-state index contributed by atoms with van der Waals surface area (Å²) in [5.74, 6) is 1.12.